The van der Waals surface area contributed by atoms with E-state index in [-0.39, 0.29) is 17.9 Å². The fraction of sp³-hybridized carbons (Fsp3) is 0.615. The Morgan fingerprint density at radius 3 is 2.50 bits per heavy atom. The lowest BCUT2D eigenvalue weighted by molar-refractivity contribution is -0.139. The average Bonchev–Trinajstić information content (AvgIpc) is 2.79. The standard InChI is InChI=1S/C13H22N4O3/c1-8(13(2,3)4)16-12(20)17-10(11(18)19)5-9-6-14-7-15-9/h6-8,10H,5H2,1-4H3,(H,14,15)(H,18,19)(H2,16,17,20). The molecule has 0 radical (unpaired) electrons. The van der Waals surface area contributed by atoms with Gasteiger partial charge in [-0.2, -0.15) is 0 Å². The molecule has 4 N–H and O–H groups in total. The number of aromatic amines is 1. The maximum atomic E-state index is 11.8. The van der Waals surface area contributed by atoms with Crippen LogP contribution in [0.2, 0.25) is 0 Å². The second-order valence-electron chi connectivity index (χ2n) is 5.88. The molecule has 0 saturated heterocycles. The third-order valence-electron chi connectivity index (χ3n) is 3.23. The summed E-state index contributed by atoms with van der Waals surface area (Å²) in [6.07, 6.45) is 3.16. The number of aliphatic carboxylic acids is 1. The van der Waals surface area contributed by atoms with Crippen LogP contribution in [0, 0.1) is 5.41 Å². The molecule has 20 heavy (non-hydrogen) atoms. The molecule has 0 aromatic carbocycles. The summed E-state index contributed by atoms with van der Waals surface area (Å²) < 4.78 is 0. The molecule has 2 atom stereocenters. The molecule has 1 heterocycles. The third kappa shape index (κ3) is 4.91. The summed E-state index contributed by atoms with van der Waals surface area (Å²) in [4.78, 5) is 29.6. The Bertz CT molecular complexity index is 451. The van der Waals surface area contributed by atoms with Crippen molar-refractivity contribution in [3.8, 4) is 0 Å². The van der Waals surface area contributed by atoms with E-state index in [4.69, 9.17) is 5.11 Å². The van der Waals surface area contributed by atoms with Gasteiger partial charge in [-0.15, -0.1) is 0 Å². The molecule has 1 rings (SSSR count). The quantitative estimate of drug-likeness (QED) is 0.649. The highest BCUT2D eigenvalue weighted by atomic mass is 16.4. The van der Waals surface area contributed by atoms with E-state index in [2.05, 4.69) is 20.6 Å². The van der Waals surface area contributed by atoms with Crippen LogP contribution >= 0.6 is 0 Å². The van der Waals surface area contributed by atoms with Crippen LogP contribution in [0.4, 0.5) is 4.79 Å². The highest BCUT2D eigenvalue weighted by Crippen LogP contribution is 2.18. The van der Waals surface area contributed by atoms with Gasteiger partial charge in [0.1, 0.15) is 6.04 Å². The Balaban J connectivity index is 2.58. The number of nitrogens with one attached hydrogen (secondary N) is 3. The van der Waals surface area contributed by atoms with Gasteiger partial charge in [0, 0.05) is 24.4 Å². The van der Waals surface area contributed by atoms with Crippen LogP contribution in [0.3, 0.4) is 0 Å². The molecule has 0 aliphatic heterocycles. The molecule has 0 saturated carbocycles. The molecule has 7 nitrogen and oxygen atoms in total. The molecule has 0 aliphatic carbocycles. The molecule has 1 aromatic rings. The monoisotopic (exact) mass is 282 g/mol. The highest BCUT2D eigenvalue weighted by Gasteiger charge is 2.25. The lowest BCUT2D eigenvalue weighted by Crippen LogP contribution is -2.51. The van der Waals surface area contributed by atoms with Crippen molar-refractivity contribution in [1.29, 1.82) is 0 Å². The second kappa shape index (κ2) is 6.40. The van der Waals surface area contributed by atoms with E-state index in [0.29, 0.717) is 5.69 Å². The first-order valence-corrected chi connectivity index (χ1v) is 6.47. The van der Waals surface area contributed by atoms with Crippen LogP contribution in [-0.2, 0) is 11.2 Å². The molecule has 0 aliphatic rings. The Hall–Kier alpha value is -2.05. The molecular formula is C13H22N4O3. The van der Waals surface area contributed by atoms with E-state index in [1.54, 1.807) is 0 Å². The van der Waals surface area contributed by atoms with Crippen molar-refractivity contribution in [3.05, 3.63) is 18.2 Å². The van der Waals surface area contributed by atoms with Crippen LogP contribution in [0.15, 0.2) is 12.5 Å². The van der Waals surface area contributed by atoms with Gasteiger partial charge in [0.2, 0.25) is 0 Å². The zero-order chi connectivity index (χ0) is 15.3. The summed E-state index contributed by atoms with van der Waals surface area (Å²) in [7, 11) is 0. The summed E-state index contributed by atoms with van der Waals surface area (Å²) in [6.45, 7) is 7.87. The highest BCUT2D eigenvalue weighted by molar-refractivity contribution is 5.82. The Morgan fingerprint density at radius 1 is 1.40 bits per heavy atom. The smallest absolute Gasteiger partial charge is 0.326 e. The number of imidazole rings is 1. The maximum Gasteiger partial charge on any atom is 0.326 e. The van der Waals surface area contributed by atoms with Crippen molar-refractivity contribution < 1.29 is 14.7 Å². The zero-order valence-electron chi connectivity index (χ0n) is 12.2. The predicted molar refractivity (Wildman–Crippen MR) is 74.3 cm³/mol. The first-order valence-electron chi connectivity index (χ1n) is 6.47. The minimum Gasteiger partial charge on any atom is -0.480 e. The van der Waals surface area contributed by atoms with Gasteiger partial charge >= 0.3 is 12.0 Å². The van der Waals surface area contributed by atoms with E-state index in [9.17, 15) is 9.59 Å². The number of carbonyl (C=O) groups is 2. The number of amides is 2. The van der Waals surface area contributed by atoms with Crippen LogP contribution in [0.25, 0.3) is 0 Å². The van der Waals surface area contributed by atoms with Crippen molar-refractivity contribution in [2.75, 3.05) is 0 Å². The SMILES string of the molecule is CC(NC(=O)NC(Cc1cnc[nH]1)C(=O)O)C(C)(C)C. The van der Waals surface area contributed by atoms with Crippen molar-refractivity contribution in [2.24, 2.45) is 5.41 Å². The van der Waals surface area contributed by atoms with Crippen LogP contribution in [0.5, 0.6) is 0 Å². The third-order valence-corrected chi connectivity index (χ3v) is 3.23. The molecular weight excluding hydrogens is 260 g/mol. The Kier molecular flexibility index (Phi) is 5.12. The molecule has 2 unspecified atom stereocenters. The second-order valence-corrected chi connectivity index (χ2v) is 5.88. The van der Waals surface area contributed by atoms with Gasteiger partial charge in [-0.25, -0.2) is 14.6 Å². The lowest BCUT2D eigenvalue weighted by atomic mass is 9.88. The van der Waals surface area contributed by atoms with Gasteiger partial charge in [-0.05, 0) is 12.3 Å². The largest absolute Gasteiger partial charge is 0.480 e. The average molecular weight is 282 g/mol. The van der Waals surface area contributed by atoms with Gasteiger partial charge in [-0.3, -0.25) is 0 Å². The fourth-order valence-corrected chi connectivity index (χ4v) is 1.43. The minimum atomic E-state index is -1.09. The van der Waals surface area contributed by atoms with Crippen molar-refractivity contribution in [2.45, 2.75) is 46.2 Å². The molecule has 0 bridgehead atoms. The van der Waals surface area contributed by atoms with E-state index in [0.717, 1.165) is 0 Å². The van der Waals surface area contributed by atoms with Gasteiger partial charge in [-0.1, -0.05) is 20.8 Å². The predicted octanol–water partition coefficient (Wildman–Crippen LogP) is 1.14. The number of hydrogen-bond acceptors (Lipinski definition) is 3. The summed E-state index contributed by atoms with van der Waals surface area (Å²) in [5.41, 5.74) is 0.556. The summed E-state index contributed by atoms with van der Waals surface area (Å²) in [6, 6.07) is -1.56. The number of carboxylic acids is 1. The maximum absolute atomic E-state index is 11.8. The summed E-state index contributed by atoms with van der Waals surface area (Å²) in [5.74, 6) is -1.09. The molecule has 7 heteroatoms. The first-order chi connectivity index (χ1) is 9.20. The molecule has 0 fully saturated rings. The minimum absolute atomic E-state index is 0.0795. The van der Waals surface area contributed by atoms with Gasteiger partial charge in [0.25, 0.3) is 0 Å². The van der Waals surface area contributed by atoms with Crippen LogP contribution in [-0.4, -0.2) is 39.2 Å². The van der Waals surface area contributed by atoms with Gasteiger partial charge < -0.3 is 20.7 Å². The molecule has 1 aromatic heterocycles. The van der Waals surface area contributed by atoms with E-state index in [1.165, 1.54) is 12.5 Å². The Labute approximate surface area is 118 Å². The zero-order valence-corrected chi connectivity index (χ0v) is 12.2. The van der Waals surface area contributed by atoms with Gasteiger partial charge in [0.05, 0.1) is 6.33 Å². The molecule has 2 amide bonds. The van der Waals surface area contributed by atoms with Crippen LogP contribution < -0.4 is 10.6 Å². The van der Waals surface area contributed by atoms with Crippen molar-refractivity contribution in [1.82, 2.24) is 20.6 Å². The molecule has 0 spiro atoms. The first kappa shape index (κ1) is 16.0. The lowest BCUT2D eigenvalue weighted by Gasteiger charge is -2.28. The number of rotatable bonds is 5. The summed E-state index contributed by atoms with van der Waals surface area (Å²) in [5, 5.41) is 14.3. The number of aromatic nitrogens is 2. The normalized spacial score (nSPS) is 14.4. The van der Waals surface area contributed by atoms with E-state index in [1.807, 2.05) is 27.7 Å². The number of carbonyl (C=O) groups excluding carboxylic acids is 1. The Morgan fingerprint density at radius 2 is 2.05 bits per heavy atom. The molecule has 112 valence electrons. The fourth-order valence-electron chi connectivity index (χ4n) is 1.43. The number of urea groups is 1. The van der Waals surface area contributed by atoms with Crippen molar-refractivity contribution in [3.63, 3.8) is 0 Å². The number of H-pyrrole nitrogens is 1. The van der Waals surface area contributed by atoms with Crippen LogP contribution in [0.1, 0.15) is 33.4 Å². The summed E-state index contributed by atoms with van der Waals surface area (Å²) >= 11 is 0. The number of carboxylic acid groups (broad SMARTS) is 1. The van der Waals surface area contributed by atoms with E-state index >= 15 is 0 Å². The topological polar surface area (TPSA) is 107 Å². The number of hydrogen-bond donors (Lipinski definition) is 4. The van der Waals surface area contributed by atoms with Crippen molar-refractivity contribution >= 4 is 12.0 Å². The number of nitrogens with zero attached hydrogens (tertiary/aromatic N) is 1. The van der Waals surface area contributed by atoms with Gasteiger partial charge in [0.15, 0.2) is 0 Å². The van der Waals surface area contributed by atoms with E-state index < -0.39 is 18.0 Å².